The molecule has 0 spiro atoms. The van der Waals surface area contributed by atoms with Crippen LogP contribution < -0.4 is 9.64 Å². The Labute approximate surface area is 155 Å². The number of ether oxygens (including phenoxy) is 1. The van der Waals surface area contributed by atoms with Crippen molar-refractivity contribution in [2.45, 2.75) is 12.8 Å². The normalized spacial score (nSPS) is 15.3. The number of benzene rings is 1. The second kappa shape index (κ2) is 7.29. The van der Waals surface area contributed by atoms with Crippen molar-refractivity contribution in [1.82, 2.24) is 9.97 Å². The Bertz CT molecular complexity index is 905. The van der Waals surface area contributed by atoms with Crippen molar-refractivity contribution in [3.63, 3.8) is 0 Å². The molecule has 3 heterocycles. The van der Waals surface area contributed by atoms with E-state index in [9.17, 15) is 4.79 Å². The molecule has 2 aromatic heterocycles. The Balaban J connectivity index is 1.37. The number of aromatic nitrogens is 2. The van der Waals surface area contributed by atoms with Crippen molar-refractivity contribution in [3.8, 4) is 5.75 Å². The summed E-state index contributed by atoms with van der Waals surface area (Å²) in [4.78, 5) is 22.1. The molecule has 1 aliphatic rings. The SMILES string of the molecule is O=C(O)c1ccc2nc(N3CCC(COc4cccnc4)CC3)sc2c1. The number of nitrogens with zero attached hydrogens (tertiary/aromatic N) is 3. The van der Waals surface area contributed by atoms with Crippen LogP contribution in [0.4, 0.5) is 5.13 Å². The van der Waals surface area contributed by atoms with Crippen LogP contribution in [-0.2, 0) is 0 Å². The van der Waals surface area contributed by atoms with Crippen LogP contribution >= 0.6 is 11.3 Å². The molecular formula is C19H19N3O3S. The monoisotopic (exact) mass is 369 g/mol. The van der Waals surface area contributed by atoms with Gasteiger partial charge in [-0.1, -0.05) is 11.3 Å². The number of carbonyl (C=O) groups is 1. The molecule has 0 amide bonds. The van der Waals surface area contributed by atoms with Crippen LogP contribution in [0, 0.1) is 5.92 Å². The van der Waals surface area contributed by atoms with Crippen molar-refractivity contribution in [1.29, 1.82) is 0 Å². The molecule has 1 N–H and O–H groups in total. The summed E-state index contributed by atoms with van der Waals surface area (Å²) < 4.78 is 6.74. The predicted molar refractivity (Wildman–Crippen MR) is 101 cm³/mol. The molecule has 26 heavy (non-hydrogen) atoms. The average molecular weight is 369 g/mol. The third-order valence-electron chi connectivity index (χ3n) is 4.63. The maximum absolute atomic E-state index is 11.1. The van der Waals surface area contributed by atoms with Gasteiger partial charge in [0.25, 0.3) is 0 Å². The lowest BCUT2D eigenvalue weighted by molar-refractivity contribution is 0.0697. The maximum Gasteiger partial charge on any atom is 0.335 e. The number of aromatic carboxylic acids is 1. The smallest absolute Gasteiger partial charge is 0.335 e. The van der Waals surface area contributed by atoms with E-state index in [2.05, 4.69) is 14.9 Å². The van der Waals surface area contributed by atoms with E-state index in [1.165, 1.54) is 0 Å². The number of carboxylic acids is 1. The lowest BCUT2D eigenvalue weighted by Crippen LogP contribution is -2.35. The van der Waals surface area contributed by atoms with Crippen molar-refractivity contribution in [2.24, 2.45) is 5.92 Å². The van der Waals surface area contributed by atoms with Crippen molar-refractivity contribution in [2.75, 3.05) is 24.6 Å². The van der Waals surface area contributed by atoms with Gasteiger partial charge in [-0.05, 0) is 49.1 Å². The summed E-state index contributed by atoms with van der Waals surface area (Å²) in [5.41, 5.74) is 1.16. The molecule has 0 bridgehead atoms. The highest BCUT2D eigenvalue weighted by Crippen LogP contribution is 2.32. The summed E-state index contributed by atoms with van der Waals surface area (Å²) in [6.07, 6.45) is 5.58. The number of pyridine rings is 1. The number of anilines is 1. The minimum Gasteiger partial charge on any atom is -0.492 e. The minimum absolute atomic E-state index is 0.305. The van der Waals surface area contributed by atoms with Crippen molar-refractivity contribution in [3.05, 3.63) is 48.3 Å². The number of hydrogen-bond acceptors (Lipinski definition) is 6. The number of thiazole rings is 1. The molecule has 0 radical (unpaired) electrons. The van der Waals surface area contributed by atoms with Gasteiger partial charge in [0.05, 0.1) is 28.6 Å². The first-order valence-corrected chi connectivity index (χ1v) is 9.42. The first-order valence-electron chi connectivity index (χ1n) is 8.61. The van der Waals surface area contributed by atoms with Crippen molar-refractivity contribution < 1.29 is 14.6 Å². The van der Waals surface area contributed by atoms with E-state index < -0.39 is 5.97 Å². The average Bonchev–Trinajstić information content (AvgIpc) is 3.11. The van der Waals surface area contributed by atoms with E-state index in [0.717, 1.165) is 47.0 Å². The topological polar surface area (TPSA) is 75.5 Å². The molecule has 0 atom stereocenters. The Morgan fingerprint density at radius 2 is 2.15 bits per heavy atom. The summed E-state index contributed by atoms with van der Waals surface area (Å²) >= 11 is 1.56. The zero-order valence-electron chi connectivity index (χ0n) is 14.2. The molecule has 0 aliphatic carbocycles. The molecule has 4 rings (SSSR count). The molecule has 134 valence electrons. The van der Waals surface area contributed by atoms with Gasteiger partial charge in [0.1, 0.15) is 5.75 Å². The van der Waals surface area contributed by atoms with Gasteiger partial charge >= 0.3 is 5.97 Å². The summed E-state index contributed by atoms with van der Waals surface area (Å²) in [7, 11) is 0. The third-order valence-corrected chi connectivity index (χ3v) is 5.71. The molecule has 1 aliphatic heterocycles. The Kier molecular flexibility index (Phi) is 4.71. The first kappa shape index (κ1) is 16.8. The van der Waals surface area contributed by atoms with Crippen LogP contribution in [0.1, 0.15) is 23.2 Å². The lowest BCUT2D eigenvalue weighted by atomic mass is 9.98. The lowest BCUT2D eigenvalue weighted by Gasteiger charge is -2.31. The summed E-state index contributed by atoms with van der Waals surface area (Å²) in [5, 5.41) is 10.1. The maximum atomic E-state index is 11.1. The van der Waals surface area contributed by atoms with E-state index in [1.54, 1.807) is 41.9 Å². The van der Waals surface area contributed by atoms with Gasteiger partial charge in [-0.2, -0.15) is 0 Å². The fraction of sp³-hybridized carbons (Fsp3) is 0.316. The minimum atomic E-state index is -0.906. The van der Waals surface area contributed by atoms with Gasteiger partial charge in [0, 0.05) is 19.3 Å². The van der Waals surface area contributed by atoms with Crippen LogP contribution in [0.2, 0.25) is 0 Å². The quantitative estimate of drug-likeness (QED) is 0.739. The summed E-state index contributed by atoms with van der Waals surface area (Å²) in [5.74, 6) is 0.436. The second-order valence-electron chi connectivity index (χ2n) is 6.41. The molecule has 7 heteroatoms. The number of fused-ring (bicyclic) bond motifs is 1. The summed E-state index contributed by atoms with van der Waals surface area (Å²) in [6.45, 7) is 2.58. The van der Waals surface area contributed by atoms with Crippen LogP contribution in [-0.4, -0.2) is 40.7 Å². The number of carboxylic acid groups (broad SMARTS) is 1. The van der Waals surface area contributed by atoms with E-state index in [0.29, 0.717) is 18.1 Å². The Morgan fingerprint density at radius 3 is 2.88 bits per heavy atom. The molecule has 0 saturated carbocycles. The first-order chi connectivity index (χ1) is 12.7. The van der Waals surface area contributed by atoms with Crippen LogP contribution in [0.25, 0.3) is 10.2 Å². The number of piperidine rings is 1. The van der Waals surface area contributed by atoms with Crippen molar-refractivity contribution >= 4 is 32.7 Å². The van der Waals surface area contributed by atoms with E-state index in [1.807, 2.05) is 12.1 Å². The Morgan fingerprint density at radius 1 is 1.31 bits per heavy atom. The van der Waals surface area contributed by atoms with Gasteiger partial charge in [-0.3, -0.25) is 4.98 Å². The fourth-order valence-corrected chi connectivity index (χ4v) is 4.17. The van der Waals surface area contributed by atoms with Gasteiger partial charge in [0.2, 0.25) is 0 Å². The summed E-state index contributed by atoms with van der Waals surface area (Å²) in [6, 6.07) is 8.90. The van der Waals surface area contributed by atoms with Crippen LogP contribution in [0.5, 0.6) is 5.75 Å². The van der Waals surface area contributed by atoms with Gasteiger partial charge in [-0.25, -0.2) is 9.78 Å². The third kappa shape index (κ3) is 3.62. The van der Waals surface area contributed by atoms with E-state index >= 15 is 0 Å². The molecule has 1 fully saturated rings. The molecule has 1 aromatic carbocycles. The molecule has 3 aromatic rings. The predicted octanol–water partition coefficient (Wildman–Crippen LogP) is 3.68. The second-order valence-corrected chi connectivity index (χ2v) is 7.42. The highest BCUT2D eigenvalue weighted by Gasteiger charge is 2.22. The molecule has 0 unspecified atom stereocenters. The zero-order valence-corrected chi connectivity index (χ0v) is 15.0. The Hall–Kier alpha value is -2.67. The fourth-order valence-electron chi connectivity index (χ4n) is 3.12. The van der Waals surface area contributed by atoms with Crippen LogP contribution in [0.15, 0.2) is 42.7 Å². The number of hydrogen-bond donors (Lipinski definition) is 1. The van der Waals surface area contributed by atoms with Gasteiger partial charge < -0.3 is 14.7 Å². The largest absolute Gasteiger partial charge is 0.492 e. The van der Waals surface area contributed by atoms with E-state index in [-0.39, 0.29) is 0 Å². The molecular weight excluding hydrogens is 350 g/mol. The van der Waals surface area contributed by atoms with Gasteiger partial charge in [-0.15, -0.1) is 0 Å². The van der Waals surface area contributed by atoms with E-state index in [4.69, 9.17) is 9.84 Å². The highest BCUT2D eigenvalue weighted by molar-refractivity contribution is 7.22. The molecule has 1 saturated heterocycles. The number of rotatable bonds is 5. The van der Waals surface area contributed by atoms with Crippen LogP contribution in [0.3, 0.4) is 0 Å². The van der Waals surface area contributed by atoms with Gasteiger partial charge in [0.15, 0.2) is 5.13 Å². The standard InChI is InChI=1S/C19H19N3O3S/c23-18(24)14-3-4-16-17(10-14)26-19(21-16)22-8-5-13(6-9-22)12-25-15-2-1-7-20-11-15/h1-4,7,10-11,13H,5-6,8-9,12H2,(H,23,24). The zero-order chi connectivity index (χ0) is 17.9. The molecule has 6 nitrogen and oxygen atoms in total. The highest BCUT2D eigenvalue weighted by atomic mass is 32.1.